The lowest BCUT2D eigenvalue weighted by atomic mass is 10.3. The Hall–Kier alpha value is -1.37. The number of aromatic nitrogens is 2. The van der Waals surface area contributed by atoms with Gasteiger partial charge in [0, 0.05) is 0 Å². The molecule has 0 aliphatic rings. The molecule has 1 aromatic rings. The Morgan fingerprint density at radius 2 is 2.13 bits per heavy atom. The molecule has 0 saturated heterocycles. The van der Waals surface area contributed by atoms with Crippen LogP contribution < -0.4 is 5.32 Å². The summed E-state index contributed by atoms with van der Waals surface area (Å²) in [6.45, 7) is -1.29. The minimum Gasteiger partial charge on any atom is -0.360 e. The smallest absolute Gasteiger partial charge is 0.360 e. The van der Waals surface area contributed by atoms with E-state index in [1.807, 2.05) is 5.32 Å². The van der Waals surface area contributed by atoms with Crippen molar-refractivity contribution < 1.29 is 18.0 Å². The summed E-state index contributed by atoms with van der Waals surface area (Å²) in [7, 11) is 0. The van der Waals surface area contributed by atoms with Crippen LogP contribution in [0.2, 0.25) is 5.15 Å². The number of hydrogen-bond acceptors (Lipinski definition) is 4. The van der Waals surface area contributed by atoms with Crippen molar-refractivity contribution in [3.63, 3.8) is 0 Å². The lowest BCUT2D eigenvalue weighted by Crippen LogP contribution is -2.22. The first kappa shape index (κ1) is 11.7. The van der Waals surface area contributed by atoms with Crippen molar-refractivity contribution in [2.24, 2.45) is 0 Å². The average Bonchev–Trinajstić information content (AvgIpc) is 2.13. The number of halogens is 4. The van der Waals surface area contributed by atoms with E-state index < -0.39 is 12.7 Å². The molecule has 0 amide bonds. The fraction of sp³-hybridized carbons (Fsp3) is 0.286. The van der Waals surface area contributed by atoms with E-state index in [0.717, 1.165) is 6.33 Å². The molecule has 15 heavy (non-hydrogen) atoms. The maximum atomic E-state index is 11.9. The first-order chi connectivity index (χ1) is 6.94. The average molecular weight is 240 g/mol. The summed E-state index contributed by atoms with van der Waals surface area (Å²) < 4.78 is 35.6. The van der Waals surface area contributed by atoms with E-state index in [1.54, 1.807) is 0 Å². The van der Waals surface area contributed by atoms with Gasteiger partial charge in [-0.1, -0.05) is 11.6 Å². The highest BCUT2D eigenvalue weighted by molar-refractivity contribution is 6.32. The zero-order chi connectivity index (χ0) is 11.5. The van der Waals surface area contributed by atoms with E-state index in [0.29, 0.717) is 6.29 Å². The van der Waals surface area contributed by atoms with Gasteiger partial charge in [-0.05, 0) is 0 Å². The van der Waals surface area contributed by atoms with E-state index in [2.05, 4.69) is 9.97 Å². The van der Waals surface area contributed by atoms with Crippen LogP contribution in [0.15, 0.2) is 6.33 Å². The Morgan fingerprint density at radius 3 is 2.67 bits per heavy atom. The van der Waals surface area contributed by atoms with Crippen LogP contribution in [0.3, 0.4) is 0 Å². The summed E-state index contributed by atoms with van der Waals surface area (Å²) in [6, 6.07) is 0. The predicted octanol–water partition coefficient (Wildman–Crippen LogP) is 1.92. The summed E-state index contributed by atoms with van der Waals surface area (Å²) in [5.74, 6) is -0.234. The summed E-state index contributed by atoms with van der Waals surface area (Å²) >= 11 is 5.48. The number of carbonyl (C=O) groups excluding carboxylic acids is 1. The number of nitrogens with zero attached hydrogens (tertiary/aromatic N) is 2. The SMILES string of the molecule is O=Cc1c(Cl)ncnc1NCC(F)(F)F. The van der Waals surface area contributed by atoms with Crippen LogP contribution in [-0.4, -0.2) is 29.0 Å². The molecule has 1 N–H and O–H groups in total. The third-order valence-corrected chi connectivity index (χ3v) is 1.71. The lowest BCUT2D eigenvalue weighted by Gasteiger charge is -2.10. The molecule has 0 bridgehead atoms. The largest absolute Gasteiger partial charge is 0.405 e. The molecule has 8 heteroatoms. The first-order valence-electron chi connectivity index (χ1n) is 3.70. The molecule has 1 heterocycles. The van der Waals surface area contributed by atoms with Gasteiger partial charge in [0.15, 0.2) is 6.29 Å². The molecule has 4 nitrogen and oxygen atoms in total. The van der Waals surface area contributed by atoms with Crippen LogP contribution >= 0.6 is 11.6 Å². The van der Waals surface area contributed by atoms with Gasteiger partial charge in [0.2, 0.25) is 0 Å². The molecule has 0 aliphatic carbocycles. The molecule has 0 fully saturated rings. The molecule has 0 aliphatic heterocycles. The normalized spacial score (nSPS) is 11.2. The van der Waals surface area contributed by atoms with Gasteiger partial charge < -0.3 is 5.32 Å². The summed E-state index contributed by atoms with van der Waals surface area (Å²) in [6.07, 6.45) is -3.13. The van der Waals surface area contributed by atoms with E-state index >= 15 is 0 Å². The Bertz CT molecular complexity index is 369. The number of nitrogens with one attached hydrogen (secondary N) is 1. The maximum absolute atomic E-state index is 11.9. The van der Waals surface area contributed by atoms with E-state index in [1.165, 1.54) is 0 Å². The molecule has 0 radical (unpaired) electrons. The monoisotopic (exact) mass is 239 g/mol. The number of carbonyl (C=O) groups is 1. The molecule has 0 atom stereocenters. The zero-order valence-electron chi connectivity index (χ0n) is 7.18. The fourth-order valence-corrected chi connectivity index (χ4v) is 0.981. The standard InChI is InChI=1S/C7H5ClF3N3O/c8-5-4(1-15)6(14-3-13-5)12-2-7(9,10)11/h1,3H,2H2,(H,12,13,14). The van der Waals surface area contributed by atoms with Gasteiger partial charge >= 0.3 is 6.18 Å². The molecular weight excluding hydrogens is 235 g/mol. The Kier molecular flexibility index (Phi) is 3.46. The second-order valence-electron chi connectivity index (χ2n) is 2.51. The summed E-state index contributed by atoms with van der Waals surface area (Å²) in [4.78, 5) is 17.4. The zero-order valence-corrected chi connectivity index (χ0v) is 7.93. The van der Waals surface area contributed by atoms with Gasteiger partial charge in [0.1, 0.15) is 23.8 Å². The Morgan fingerprint density at radius 1 is 1.47 bits per heavy atom. The van der Waals surface area contributed by atoms with Crippen molar-refractivity contribution in [1.29, 1.82) is 0 Å². The second-order valence-corrected chi connectivity index (χ2v) is 2.87. The van der Waals surface area contributed by atoms with Gasteiger partial charge in [-0.3, -0.25) is 4.79 Å². The highest BCUT2D eigenvalue weighted by atomic mass is 35.5. The number of aldehydes is 1. The molecule has 0 spiro atoms. The molecule has 82 valence electrons. The van der Waals surface area contributed by atoms with E-state index in [-0.39, 0.29) is 16.5 Å². The molecule has 0 unspecified atom stereocenters. The highest BCUT2D eigenvalue weighted by Gasteiger charge is 2.27. The van der Waals surface area contributed by atoms with Gasteiger partial charge in [-0.2, -0.15) is 13.2 Å². The van der Waals surface area contributed by atoms with Crippen LogP contribution in [0.25, 0.3) is 0 Å². The van der Waals surface area contributed by atoms with Gasteiger partial charge in [0.25, 0.3) is 0 Å². The number of anilines is 1. The maximum Gasteiger partial charge on any atom is 0.405 e. The van der Waals surface area contributed by atoms with Crippen molar-refractivity contribution in [3.05, 3.63) is 17.0 Å². The predicted molar refractivity (Wildman–Crippen MR) is 47.0 cm³/mol. The number of alkyl halides is 3. The van der Waals surface area contributed by atoms with Gasteiger partial charge in [-0.15, -0.1) is 0 Å². The summed E-state index contributed by atoms with van der Waals surface area (Å²) in [5.41, 5.74) is -0.191. The first-order valence-corrected chi connectivity index (χ1v) is 4.08. The molecule has 0 aromatic carbocycles. The Labute approximate surface area is 87.5 Å². The van der Waals surface area contributed by atoms with Crippen LogP contribution in [0, 0.1) is 0 Å². The van der Waals surface area contributed by atoms with Crippen molar-refractivity contribution in [2.75, 3.05) is 11.9 Å². The number of hydrogen-bond donors (Lipinski definition) is 1. The topological polar surface area (TPSA) is 54.9 Å². The van der Waals surface area contributed by atoms with E-state index in [4.69, 9.17) is 11.6 Å². The van der Waals surface area contributed by atoms with Crippen molar-refractivity contribution in [1.82, 2.24) is 9.97 Å². The third-order valence-electron chi connectivity index (χ3n) is 1.41. The molecule has 0 saturated carbocycles. The third kappa shape index (κ3) is 3.35. The highest BCUT2D eigenvalue weighted by Crippen LogP contribution is 2.20. The van der Waals surface area contributed by atoms with Crippen molar-refractivity contribution in [2.45, 2.75) is 6.18 Å². The minimum atomic E-state index is -4.39. The lowest BCUT2D eigenvalue weighted by molar-refractivity contribution is -0.115. The Balaban J connectivity index is 2.85. The molecule has 1 rings (SSSR count). The van der Waals surface area contributed by atoms with Crippen LogP contribution in [0.4, 0.5) is 19.0 Å². The summed E-state index contributed by atoms with van der Waals surface area (Å²) in [5, 5.41) is 1.76. The minimum absolute atomic E-state index is 0.190. The van der Waals surface area contributed by atoms with Crippen molar-refractivity contribution >= 4 is 23.7 Å². The van der Waals surface area contributed by atoms with Crippen LogP contribution in [-0.2, 0) is 0 Å². The van der Waals surface area contributed by atoms with Crippen LogP contribution in [0.5, 0.6) is 0 Å². The van der Waals surface area contributed by atoms with Gasteiger partial charge in [-0.25, -0.2) is 9.97 Å². The quantitative estimate of drug-likeness (QED) is 0.647. The van der Waals surface area contributed by atoms with Crippen molar-refractivity contribution in [3.8, 4) is 0 Å². The number of rotatable bonds is 3. The second kappa shape index (κ2) is 4.43. The molecule has 1 aromatic heterocycles. The van der Waals surface area contributed by atoms with E-state index in [9.17, 15) is 18.0 Å². The van der Waals surface area contributed by atoms with Gasteiger partial charge in [0.05, 0.1) is 5.56 Å². The van der Waals surface area contributed by atoms with Crippen LogP contribution in [0.1, 0.15) is 10.4 Å². The fourth-order valence-electron chi connectivity index (χ4n) is 0.803. The molecular formula is C7H5ClF3N3O.